The Morgan fingerprint density at radius 1 is 1.09 bits per heavy atom. The third-order valence-electron chi connectivity index (χ3n) is 9.01. The van der Waals surface area contributed by atoms with E-state index in [1.807, 2.05) is 36.4 Å². The molecule has 2 amide bonds. The molecule has 1 aliphatic heterocycles. The number of benzene rings is 2. The molecule has 4 fully saturated rings. The Kier molecular flexibility index (Phi) is 5.59. The average Bonchev–Trinajstić information content (AvgIpc) is 2.81. The summed E-state index contributed by atoms with van der Waals surface area (Å²) in [5.41, 5.74) is 3.90. The predicted molar refractivity (Wildman–Crippen MR) is 142 cm³/mol. The summed E-state index contributed by atoms with van der Waals surface area (Å²) in [4.78, 5) is 29.8. The maximum absolute atomic E-state index is 13.3. The fourth-order valence-corrected chi connectivity index (χ4v) is 8.68. The monoisotopic (exact) mass is 486 g/mol. The van der Waals surface area contributed by atoms with E-state index in [1.165, 1.54) is 55.9 Å². The summed E-state index contributed by atoms with van der Waals surface area (Å²) in [6.07, 6.45) is 9.99. The number of fused-ring (bicyclic) bond motifs is 1. The van der Waals surface area contributed by atoms with Crippen molar-refractivity contribution >= 4 is 35.3 Å². The van der Waals surface area contributed by atoms with E-state index in [0.29, 0.717) is 10.5 Å². The molecular weight excluding hydrogens is 452 g/mol. The van der Waals surface area contributed by atoms with Crippen LogP contribution in [0.15, 0.2) is 52.3 Å². The Bertz CT molecular complexity index is 1200. The minimum atomic E-state index is -0.0384. The number of carbonyl (C=O) groups is 2. The number of nitrogens with zero attached hydrogens (tertiary/aromatic N) is 1. The molecule has 1 heterocycles. The number of likely N-dealkylation sites (N-methyl/N-ethyl adjacent to an activating group) is 1. The third-order valence-corrected chi connectivity index (χ3v) is 10.1. The van der Waals surface area contributed by atoms with Crippen LogP contribution in [0.4, 0.5) is 5.69 Å². The number of carbonyl (C=O) groups excluding carboxylic acids is 2. The highest BCUT2D eigenvalue weighted by Crippen LogP contribution is 2.61. The van der Waals surface area contributed by atoms with E-state index in [0.717, 1.165) is 33.9 Å². The number of nitrogens with one attached hydrogen (secondary N) is 1. The molecule has 182 valence electrons. The van der Waals surface area contributed by atoms with Crippen LogP contribution < -0.4 is 10.2 Å². The number of hydrogen-bond acceptors (Lipinski definition) is 3. The Morgan fingerprint density at radius 3 is 2.43 bits per heavy atom. The zero-order valence-corrected chi connectivity index (χ0v) is 21.7. The molecule has 0 unspecified atom stereocenters. The van der Waals surface area contributed by atoms with Crippen molar-refractivity contribution < 1.29 is 9.59 Å². The standard InChI is InChI=1S/C30H34N2O2S/c1-18-5-4-6-20(9-18)13-27-29(34)32(3)25-14-24(7-8-26(25)35-27)28(33)31-19(2)30-15-21-10-22(16-30)12-23(11-21)17-30/h4-9,13-14,19,21-23H,10-12,15-17H2,1-3H3,(H,31,33)/b27-13+/t19-,21?,22?,23?,30?/m1/s1. The molecule has 5 heteroatoms. The molecule has 0 spiro atoms. The highest BCUT2D eigenvalue weighted by molar-refractivity contribution is 8.04. The minimum Gasteiger partial charge on any atom is -0.349 e. The van der Waals surface area contributed by atoms with Crippen LogP contribution in [-0.4, -0.2) is 24.9 Å². The Labute approximate surface area is 212 Å². The molecule has 2 aromatic rings. The lowest BCUT2D eigenvalue weighted by Gasteiger charge is -2.59. The molecule has 1 atom stereocenters. The van der Waals surface area contributed by atoms with Gasteiger partial charge in [-0.05, 0) is 105 Å². The molecule has 4 aliphatic carbocycles. The predicted octanol–water partition coefficient (Wildman–Crippen LogP) is 6.44. The summed E-state index contributed by atoms with van der Waals surface area (Å²) in [7, 11) is 1.80. The maximum atomic E-state index is 13.3. The molecule has 4 bridgehead atoms. The summed E-state index contributed by atoms with van der Waals surface area (Å²) in [6.45, 7) is 4.27. The first-order valence-corrected chi connectivity index (χ1v) is 13.8. The van der Waals surface area contributed by atoms with Crippen molar-refractivity contribution in [3.8, 4) is 0 Å². The molecule has 0 saturated heterocycles. The van der Waals surface area contributed by atoms with Crippen molar-refractivity contribution in [3.05, 3.63) is 64.1 Å². The summed E-state index contributed by atoms with van der Waals surface area (Å²) in [5, 5.41) is 3.37. The molecule has 2 aromatic carbocycles. The molecule has 7 rings (SSSR count). The van der Waals surface area contributed by atoms with Gasteiger partial charge in [-0.2, -0.15) is 0 Å². The molecule has 4 saturated carbocycles. The largest absolute Gasteiger partial charge is 0.349 e. The van der Waals surface area contributed by atoms with Crippen molar-refractivity contribution in [2.45, 2.75) is 63.3 Å². The lowest BCUT2D eigenvalue weighted by Crippen LogP contribution is -2.55. The van der Waals surface area contributed by atoms with Gasteiger partial charge in [0.1, 0.15) is 0 Å². The SMILES string of the molecule is Cc1cccc(/C=C2/Sc3ccc(C(=O)N[C@H](C)C45CC6CC(CC(C6)C4)C5)cc3N(C)C2=O)c1. The second-order valence-electron chi connectivity index (χ2n) is 11.5. The van der Waals surface area contributed by atoms with Crippen molar-refractivity contribution in [2.24, 2.45) is 23.2 Å². The molecule has 35 heavy (non-hydrogen) atoms. The number of aryl methyl sites for hydroxylation is 1. The van der Waals surface area contributed by atoms with Crippen LogP contribution in [-0.2, 0) is 4.79 Å². The van der Waals surface area contributed by atoms with E-state index in [2.05, 4.69) is 31.3 Å². The normalized spacial score (nSPS) is 30.9. The van der Waals surface area contributed by atoms with Gasteiger partial charge in [0.05, 0.1) is 10.6 Å². The maximum Gasteiger partial charge on any atom is 0.264 e. The van der Waals surface area contributed by atoms with Gasteiger partial charge in [-0.1, -0.05) is 41.6 Å². The zero-order chi connectivity index (χ0) is 24.3. The molecule has 4 nitrogen and oxygen atoms in total. The number of rotatable bonds is 4. The second kappa shape index (κ2) is 8.55. The van der Waals surface area contributed by atoms with Gasteiger partial charge >= 0.3 is 0 Å². The number of hydrogen-bond donors (Lipinski definition) is 1. The summed E-state index contributed by atoms with van der Waals surface area (Å²) in [6, 6.07) is 14.1. The number of amides is 2. The van der Waals surface area contributed by atoms with E-state index in [4.69, 9.17) is 0 Å². The average molecular weight is 487 g/mol. The lowest BCUT2D eigenvalue weighted by atomic mass is 9.48. The van der Waals surface area contributed by atoms with Gasteiger partial charge in [-0.25, -0.2) is 0 Å². The Hall–Kier alpha value is -2.53. The molecule has 1 N–H and O–H groups in total. The lowest BCUT2D eigenvalue weighted by molar-refractivity contribution is -0.114. The first-order valence-electron chi connectivity index (χ1n) is 13.0. The van der Waals surface area contributed by atoms with Crippen LogP contribution in [0, 0.1) is 30.1 Å². The van der Waals surface area contributed by atoms with Crippen molar-refractivity contribution in [1.29, 1.82) is 0 Å². The Balaban J connectivity index is 1.20. The Morgan fingerprint density at radius 2 is 1.77 bits per heavy atom. The van der Waals surface area contributed by atoms with E-state index >= 15 is 0 Å². The van der Waals surface area contributed by atoms with E-state index < -0.39 is 0 Å². The van der Waals surface area contributed by atoms with E-state index in [1.54, 1.807) is 11.9 Å². The number of thioether (sulfide) groups is 1. The van der Waals surface area contributed by atoms with Crippen LogP contribution in [0.3, 0.4) is 0 Å². The summed E-state index contributed by atoms with van der Waals surface area (Å²) < 4.78 is 0. The quantitative estimate of drug-likeness (QED) is 0.506. The zero-order valence-electron chi connectivity index (χ0n) is 20.8. The minimum absolute atomic E-state index is 0.0250. The first kappa shape index (κ1) is 22.9. The van der Waals surface area contributed by atoms with Crippen molar-refractivity contribution in [2.75, 3.05) is 11.9 Å². The van der Waals surface area contributed by atoms with Crippen LogP contribution in [0.5, 0.6) is 0 Å². The van der Waals surface area contributed by atoms with Crippen LogP contribution in [0.1, 0.15) is 66.9 Å². The van der Waals surface area contributed by atoms with Crippen LogP contribution in [0.2, 0.25) is 0 Å². The second-order valence-corrected chi connectivity index (χ2v) is 12.6. The molecular formula is C30H34N2O2S. The summed E-state index contributed by atoms with van der Waals surface area (Å²) >= 11 is 1.48. The highest BCUT2D eigenvalue weighted by Gasteiger charge is 2.53. The van der Waals surface area contributed by atoms with Crippen molar-refractivity contribution in [3.63, 3.8) is 0 Å². The molecule has 0 aromatic heterocycles. The number of anilines is 1. The van der Waals surface area contributed by atoms with Gasteiger partial charge in [0.15, 0.2) is 0 Å². The topological polar surface area (TPSA) is 49.4 Å². The fourth-order valence-electron chi connectivity index (χ4n) is 7.59. The van der Waals surface area contributed by atoms with Gasteiger partial charge in [0.2, 0.25) is 0 Å². The van der Waals surface area contributed by atoms with Gasteiger partial charge in [-0.3, -0.25) is 9.59 Å². The van der Waals surface area contributed by atoms with Gasteiger partial charge in [0, 0.05) is 23.5 Å². The van der Waals surface area contributed by atoms with Gasteiger partial charge in [-0.15, -0.1) is 0 Å². The first-order chi connectivity index (χ1) is 16.8. The molecule has 0 radical (unpaired) electrons. The van der Waals surface area contributed by atoms with Crippen LogP contribution >= 0.6 is 11.8 Å². The fraction of sp³-hybridized carbons (Fsp3) is 0.467. The summed E-state index contributed by atoms with van der Waals surface area (Å²) in [5.74, 6) is 2.53. The van der Waals surface area contributed by atoms with E-state index in [-0.39, 0.29) is 23.3 Å². The van der Waals surface area contributed by atoms with Gasteiger partial charge in [0.25, 0.3) is 11.8 Å². The van der Waals surface area contributed by atoms with Crippen LogP contribution in [0.25, 0.3) is 6.08 Å². The van der Waals surface area contributed by atoms with Gasteiger partial charge < -0.3 is 10.2 Å². The molecule has 5 aliphatic rings. The smallest absolute Gasteiger partial charge is 0.264 e. The third kappa shape index (κ3) is 4.12. The highest BCUT2D eigenvalue weighted by atomic mass is 32.2. The van der Waals surface area contributed by atoms with Crippen molar-refractivity contribution in [1.82, 2.24) is 5.32 Å². The van der Waals surface area contributed by atoms with E-state index in [9.17, 15) is 9.59 Å².